The number of fused-ring (bicyclic) bond motifs is 1. The van der Waals surface area contributed by atoms with Gasteiger partial charge in [0.15, 0.2) is 5.78 Å². The number of ketones is 1. The van der Waals surface area contributed by atoms with Crippen LogP contribution in [0.2, 0.25) is 0 Å². The van der Waals surface area contributed by atoms with Crippen molar-refractivity contribution >= 4 is 17.4 Å². The summed E-state index contributed by atoms with van der Waals surface area (Å²) in [5.74, 6) is -1.24. The maximum absolute atomic E-state index is 12.3. The second-order valence-corrected chi connectivity index (χ2v) is 5.27. The van der Waals surface area contributed by atoms with Crippen LogP contribution in [-0.2, 0) is 17.8 Å². The molecule has 0 spiro atoms. The molecule has 118 valence electrons. The molecule has 8 nitrogen and oxygen atoms in total. The van der Waals surface area contributed by atoms with E-state index in [1.165, 1.54) is 22.9 Å². The highest BCUT2D eigenvalue weighted by Crippen LogP contribution is 2.35. The molecule has 0 bridgehead atoms. The van der Waals surface area contributed by atoms with Crippen LogP contribution in [0.3, 0.4) is 0 Å². The number of benzene rings is 1. The molecule has 0 amide bonds. The summed E-state index contributed by atoms with van der Waals surface area (Å²) < 4.78 is 1.26. The first-order chi connectivity index (χ1) is 11.0. The molecule has 1 N–H and O–H groups in total. The Morgan fingerprint density at radius 2 is 2.09 bits per heavy atom. The largest absolute Gasteiger partial charge is 0.480 e. The highest BCUT2D eigenvalue weighted by Gasteiger charge is 2.30. The fourth-order valence-electron chi connectivity index (χ4n) is 2.87. The zero-order chi connectivity index (χ0) is 16.6. The Morgan fingerprint density at radius 3 is 2.78 bits per heavy atom. The summed E-state index contributed by atoms with van der Waals surface area (Å²) in [5, 5.41) is 24.4. The van der Waals surface area contributed by atoms with E-state index in [0.717, 1.165) is 0 Å². The van der Waals surface area contributed by atoms with Gasteiger partial charge >= 0.3 is 5.97 Å². The number of rotatable bonds is 4. The molecule has 3 rings (SSSR count). The summed E-state index contributed by atoms with van der Waals surface area (Å²) in [6, 6.07) is 6.02. The Balaban J connectivity index is 2.24. The molecular weight excluding hydrogens is 302 g/mol. The molecule has 8 heteroatoms. The lowest BCUT2D eigenvalue weighted by molar-refractivity contribution is -0.384. The molecule has 1 aromatic heterocycles. The van der Waals surface area contributed by atoms with Crippen LogP contribution in [0.15, 0.2) is 24.3 Å². The zero-order valence-electron chi connectivity index (χ0n) is 12.1. The van der Waals surface area contributed by atoms with Gasteiger partial charge in [0.1, 0.15) is 12.2 Å². The summed E-state index contributed by atoms with van der Waals surface area (Å²) >= 11 is 0. The lowest BCUT2D eigenvalue weighted by Gasteiger charge is -2.12. The molecular formula is C15H13N3O5. The minimum Gasteiger partial charge on any atom is -0.480 e. The lowest BCUT2D eigenvalue weighted by atomic mass is 9.92. The second kappa shape index (κ2) is 5.64. The van der Waals surface area contributed by atoms with Crippen LogP contribution in [-0.4, -0.2) is 31.6 Å². The number of hydrogen-bond acceptors (Lipinski definition) is 5. The molecule has 1 aromatic carbocycles. The van der Waals surface area contributed by atoms with Gasteiger partial charge in [-0.1, -0.05) is 12.1 Å². The maximum Gasteiger partial charge on any atom is 0.325 e. The number of aromatic nitrogens is 2. The highest BCUT2D eigenvalue weighted by atomic mass is 16.6. The Hall–Kier alpha value is -3.03. The van der Waals surface area contributed by atoms with Gasteiger partial charge in [0, 0.05) is 12.5 Å². The fraction of sp³-hybridized carbons (Fsp3) is 0.267. The van der Waals surface area contributed by atoms with Gasteiger partial charge in [-0.15, -0.1) is 0 Å². The molecule has 0 fully saturated rings. The molecule has 0 unspecified atom stereocenters. The summed E-state index contributed by atoms with van der Waals surface area (Å²) in [6.07, 6.45) is 1.48. The molecule has 2 aromatic rings. The average Bonchev–Trinajstić information content (AvgIpc) is 2.86. The SMILES string of the molecule is O=C(O)Cn1nc(-c2ccccc2[N+](=O)[O-])c2c1CCCC2=O. The quantitative estimate of drug-likeness (QED) is 0.682. The van der Waals surface area contributed by atoms with Crippen LogP contribution < -0.4 is 0 Å². The third-order valence-corrected chi connectivity index (χ3v) is 3.79. The summed E-state index contributed by atoms with van der Waals surface area (Å²) in [4.78, 5) is 34.0. The van der Waals surface area contributed by atoms with E-state index in [4.69, 9.17) is 5.11 Å². The van der Waals surface area contributed by atoms with Crippen molar-refractivity contribution in [2.45, 2.75) is 25.8 Å². The van der Waals surface area contributed by atoms with Crippen LogP contribution >= 0.6 is 0 Å². The van der Waals surface area contributed by atoms with E-state index in [1.807, 2.05) is 0 Å². The Morgan fingerprint density at radius 1 is 1.35 bits per heavy atom. The van der Waals surface area contributed by atoms with Gasteiger partial charge in [-0.25, -0.2) is 0 Å². The summed E-state index contributed by atoms with van der Waals surface area (Å²) in [6.45, 7) is -0.379. The molecule has 0 saturated heterocycles. The minimum atomic E-state index is -1.08. The van der Waals surface area contributed by atoms with Crippen LogP contribution in [0.4, 0.5) is 5.69 Å². The van der Waals surface area contributed by atoms with Gasteiger partial charge in [0.25, 0.3) is 5.69 Å². The van der Waals surface area contributed by atoms with Gasteiger partial charge in [-0.3, -0.25) is 24.4 Å². The maximum atomic E-state index is 12.3. The Labute approximate surface area is 130 Å². The van der Waals surface area contributed by atoms with Crippen molar-refractivity contribution < 1.29 is 19.6 Å². The fourth-order valence-corrected chi connectivity index (χ4v) is 2.87. The number of aliphatic carboxylic acids is 1. The predicted octanol–water partition coefficient (Wildman–Crippen LogP) is 2.06. The van der Waals surface area contributed by atoms with Gasteiger partial charge in [0.2, 0.25) is 0 Å². The first kappa shape index (κ1) is 14.9. The molecule has 0 aliphatic heterocycles. The number of para-hydroxylation sites is 1. The molecule has 0 saturated carbocycles. The topological polar surface area (TPSA) is 115 Å². The number of carboxylic acid groups (broad SMARTS) is 1. The molecule has 1 heterocycles. The van der Waals surface area contributed by atoms with Crippen molar-refractivity contribution in [3.8, 4) is 11.3 Å². The van der Waals surface area contributed by atoms with E-state index in [-0.39, 0.29) is 29.3 Å². The van der Waals surface area contributed by atoms with Crippen LogP contribution in [0.1, 0.15) is 28.9 Å². The smallest absolute Gasteiger partial charge is 0.325 e. The Kier molecular flexibility index (Phi) is 3.65. The van der Waals surface area contributed by atoms with E-state index in [1.54, 1.807) is 6.07 Å². The number of nitro benzene ring substituents is 1. The van der Waals surface area contributed by atoms with E-state index in [9.17, 15) is 19.7 Å². The number of hydrogen-bond donors (Lipinski definition) is 1. The van der Waals surface area contributed by atoms with E-state index in [0.29, 0.717) is 30.5 Å². The highest BCUT2D eigenvalue weighted by molar-refractivity contribution is 6.04. The number of carboxylic acids is 1. The first-order valence-corrected chi connectivity index (χ1v) is 7.07. The normalized spacial score (nSPS) is 13.7. The molecule has 0 atom stereocenters. The van der Waals surface area contributed by atoms with Crippen molar-refractivity contribution in [2.24, 2.45) is 0 Å². The summed E-state index contributed by atoms with van der Waals surface area (Å²) in [7, 11) is 0. The van der Waals surface area contributed by atoms with Gasteiger partial charge < -0.3 is 5.11 Å². The predicted molar refractivity (Wildman–Crippen MR) is 79.2 cm³/mol. The third kappa shape index (κ3) is 2.59. The standard InChI is InChI=1S/C15H13N3O5/c19-12-7-3-6-11-14(12)15(16-17(11)8-13(20)21)9-4-1-2-5-10(9)18(22)23/h1-2,4-5H,3,6-8H2,(H,20,21). The van der Waals surface area contributed by atoms with Crippen molar-refractivity contribution in [2.75, 3.05) is 0 Å². The van der Waals surface area contributed by atoms with Crippen molar-refractivity contribution in [1.82, 2.24) is 9.78 Å². The number of nitrogens with zero attached hydrogens (tertiary/aromatic N) is 3. The second-order valence-electron chi connectivity index (χ2n) is 5.27. The van der Waals surface area contributed by atoms with Gasteiger partial charge in [0.05, 0.1) is 21.7 Å². The third-order valence-electron chi connectivity index (χ3n) is 3.79. The van der Waals surface area contributed by atoms with Crippen LogP contribution in [0.25, 0.3) is 11.3 Å². The van der Waals surface area contributed by atoms with Crippen LogP contribution in [0.5, 0.6) is 0 Å². The molecule has 1 aliphatic carbocycles. The Bertz CT molecular complexity index is 825. The number of carbonyl (C=O) groups is 2. The van der Waals surface area contributed by atoms with E-state index in [2.05, 4.69) is 5.10 Å². The number of Topliss-reactive ketones (excluding diaryl/α,β-unsaturated/α-hetero) is 1. The van der Waals surface area contributed by atoms with Crippen molar-refractivity contribution in [1.29, 1.82) is 0 Å². The minimum absolute atomic E-state index is 0.156. The lowest BCUT2D eigenvalue weighted by Crippen LogP contribution is -2.17. The first-order valence-electron chi connectivity index (χ1n) is 7.07. The van der Waals surface area contributed by atoms with E-state index < -0.39 is 10.9 Å². The molecule has 1 aliphatic rings. The number of nitro groups is 1. The van der Waals surface area contributed by atoms with Gasteiger partial charge in [-0.05, 0) is 18.9 Å². The molecule has 23 heavy (non-hydrogen) atoms. The van der Waals surface area contributed by atoms with Crippen molar-refractivity contribution in [3.05, 3.63) is 45.6 Å². The number of carbonyl (C=O) groups excluding carboxylic acids is 1. The van der Waals surface area contributed by atoms with Gasteiger partial charge in [-0.2, -0.15) is 5.10 Å². The monoisotopic (exact) mass is 315 g/mol. The summed E-state index contributed by atoms with van der Waals surface area (Å²) in [5.41, 5.74) is 1.11. The van der Waals surface area contributed by atoms with Crippen LogP contribution in [0, 0.1) is 10.1 Å². The zero-order valence-corrected chi connectivity index (χ0v) is 12.1. The average molecular weight is 315 g/mol. The van der Waals surface area contributed by atoms with E-state index >= 15 is 0 Å². The van der Waals surface area contributed by atoms with Crippen molar-refractivity contribution in [3.63, 3.8) is 0 Å². The molecule has 0 radical (unpaired) electrons.